The van der Waals surface area contributed by atoms with Gasteiger partial charge < -0.3 is 10.1 Å². The van der Waals surface area contributed by atoms with Gasteiger partial charge in [0.1, 0.15) is 11.6 Å². The van der Waals surface area contributed by atoms with Crippen LogP contribution >= 0.6 is 11.3 Å². The minimum absolute atomic E-state index is 0.406. The molecule has 3 rings (SSSR count). The van der Waals surface area contributed by atoms with Crippen LogP contribution < -0.4 is 5.32 Å². The fourth-order valence-corrected chi connectivity index (χ4v) is 2.64. The average molecular weight is 275 g/mol. The Hall–Kier alpha value is -1.99. The largest absolute Gasteiger partial charge is 0.388 e. The highest BCUT2D eigenvalue weighted by atomic mass is 32.1. The van der Waals surface area contributed by atoms with Gasteiger partial charge in [0.25, 0.3) is 0 Å². The fourth-order valence-electron chi connectivity index (χ4n) is 1.77. The molecule has 19 heavy (non-hydrogen) atoms. The third-order valence-electron chi connectivity index (χ3n) is 2.75. The summed E-state index contributed by atoms with van der Waals surface area (Å²) in [5.74, 6) is 0.715. The van der Waals surface area contributed by atoms with Crippen molar-refractivity contribution in [2.24, 2.45) is 0 Å². The first-order chi connectivity index (χ1) is 9.31. The number of methoxy groups -OCH3 is 1. The Bertz CT molecular complexity index is 688. The molecule has 98 valence electrons. The van der Waals surface area contributed by atoms with Crippen molar-refractivity contribution in [2.45, 2.75) is 6.61 Å². The number of nitrogens with zero attached hydrogens (tertiary/aromatic N) is 4. The molecule has 0 unspecified atom stereocenters. The van der Waals surface area contributed by atoms with Gasteiger partial charge in [0.15, 0.2) is 5.82 Å². The van der Waals surface area contributed by atoms with Gasteiger partial charge in [-0.25, -0.2) is 0 Å². The van der Waals surface area contributed by atoms with Crippen molar-refractivity contribution in [2.75, 3.05) is 19.5 Å². The van der Waals surface area contributed by atoms with Crippen molar-refractivity contribution >= 4 is 22.0 Å². The summed E-state index contributed by atoms with van der Waals surface area (Å²) < 4.78 is 6.80. The van der Waals surface area contributed by atoms with E-state index in [4.69, 9.17) is 4.74 Å². The van der Waals surface area contributed by atoms with Gasteiger partial charge >= 0.3 is 0 Å². The number of ether oxygens (including phenoxy) is 1. The fraction of sp³-hybridized carbons (Fsp3) is 0.250. The van der Waals surface area contributed by atoms with Crippen LogP contribution in [0.1, 0.15) is 5.82 Å². The molecule has 2 aromatic heterocycles. The van der Waals surface area contributed by atoms with Crippen LogP contribution in [0, 0.1) is 0 Å². The molecule has 0 radical (unpaired) electrons. The molecule has 0 spiro atoms. The minimum Gasteiger partial charge on any atom is -0.388 e. The molecule has 0 aliphatic carbocycles. The van der Waals surface area contributed by atoms with E-state index in [-0.39, 0.29) is 0 Å². The lowest BCUT2D eigenvalue weighted by atomic mass is 10.2. The predicted octanol–water partition coefficient (Wildman–Crippen LogP) is 2.04. The molecule has 6 nitrogen and oxygen atoms in total. The average Bonchev–Trinajstić information content (AvgIpc) is 3.01. The first-order valence-electron chi connectivity index (χ1n) is 5.80. The maximum Gasteiger partial charge on any atom is 0.235 e. The highest BCUT2D eigenvalue weighted by molar-refractivity contribution is 7.19. The van der Waals surface area contributed by atoms with Gasteiger partial charge in [0.05, 0.1) is 0 Å². The number of aromatic nitrogens is 4. The second kappa shape index (κ2) is 4.94. The number of nitrogens with one attached hydrogen (secondary N) is 1. The Kier molecular flexibility index (Phi) is 3.14. The molecule has 0 saturated carbocycles. The predicted molar refractivity (Wildman–Crippen MR) is 74.4 cm³/mol. The van der Waals surface area contributed by atoms with Crippen molar-refractivity contribution in [1.82, 2.24) is 19.8 Å². The summed E-state index contributed by atoms with van der Waals surface area (Å²) in [6.45, 7) is 0.406. The molecule has 1 N–H and O–H groups in total. The lowest BCUT2D eigenvalue weighted by molar-refractivity contribution is 0.176. The van der Waals surface area contributed by atoms with E-state index >= 15 is 0 Å². The number of fused-ring (bicyclic) bond motifs is 1. The van der Waals surface area contributed by atoms with Gasteiger partial charge in [0.2, 0.25) is 4.96 Å². The zero-order valence-corrected chi connectivity index (χ0v) is 11.4. The Labute approximate surface area is 114 Å². The summed E-state index contributed by atoms with van der Waals surface area (Å²) in [5, 5.41) is 16.7. The molecule has 0 aliphatic heterocycles. The SMILES string of the molecule is CNc1ccc(-c2nn3c(COC)nnc3s2)cc1. The lowest BCUT2D eigenvalue weighted by Gasteiger charge is -2.00. The minimum atomic E-state index is 0.406. The third-order valence-corrected chi connectivity index (χ3v) is 3.70. The van der Waals surface area contributed by atoms with Crippen molar-refractivity contribution in [3.63, 3.8) is 0 Å². The second-order valence-electron chi connectivity index (χ2n) is 3.98. The molecule has 7 heteroatoms. The van der Waals surface area contributed by atoms with E-state index in [0.29, 0.717) is 12.4 Å². The monoisotopic (exact) mass is 275 g/mol. The highest BCUT2D eigenvalue weighted by Gasteiger charge is 2.12. The standard InChI is InChI=1S/C12H13N5OS/c1-13-9-5-3-8(4-6-9)11-16-17-10(7-18-2)14-15-12(17)19-11/h3-6,13H,7H2,1-2H3. The van der Waals surface area contributed by atoms with Crippen LogP contribution in [-0.2, 0) is 11.3 Å². The summed E-state index contributed by atoms with van der Waals surface area (Å²) in [4.78, 5) is 0.778. The second-order valence-corrected chi connectivity index (χ2v) is 4.93. The van der Waals surface area contributed by atoms with Crippen molar-refractivity contribution in [3.05, 3.63) is 30.1 Å². The van der Waals surface area contributed by atoms with E-state index in [9.17, 15) is 0 Å². The maximum absolute atomic E-state index is 5.07. The third kappa shape index (κ3) is 2.18. The van der Waals surface area contributed by atoms with Crippen LogP contribution in [0.25, 0.3) is 15.5 Å². The van der Waals surface area contributed by atoms with E-state index in [1.54, 1.807) is 11.6 Å². The Morgan fingerprint density at radius 2 is 2.05 bits per heavy atom. The summed E-state index contributed by atoms with van der Waals surface area (Å²) in [6.07, 6.45) is 0. The van der Waals surface area contributed by atoms with Crippen LogP contribution in [-0.4, -0.2) is 34.0 Å². The molecule has 2 heterocycles. The number of anilines is 1. The van der Waals surface area contributed by atoms with Gasteiger partial charge in [-0.05, 0) is 24.3 Å². The molecule has 0 saturated heterocycles. The Balaban J connectivity index is 1.99. The van der Waals surface area contributed by atoms with Crippen LogP contribution in [0.4, 0.5) is 5.69 Å². The first-order valence-corrected chi connectivity index (χ1v) is 6.61. The Morgan fingerprint density at radius 3 is 2.74 bits per heavy atom. The molecule has 3 aromatic rings. The molecule has 0 bridgehead atoms. The number of benzene rings is 1. The van der Waals surface area contributed by atoms with E-state index in [1.807, 2.05) is 31.3 Å². The maximum atomic E-state index is 5.07. The summed E-state index contributed by atoms with van der Waals surface area (Å²) in [7, 11) is 3.53. The van der Waals surface area contributed by atoms with Crippen LogP contribution in [0.15, 0.2) is 24.3 Å². The topological polar surface area (TPSA) is 64.3 Å². The van der Waals surface area contributed by atoms with Crippen molar-refractivity contribution in [3.8, 4) is 10.6 Å². The van der Waals surface area contributed by atoms with Crippen molar-refractivity contribution < 1.29 is 4.74 Å². The lowest BCUT2D eigenvalue weighted by Crippen LogP contribution is -1.97. The quantitative estimate of drug-likeness (QED) is 0.789. The first kappa shape index (κ1) is 12.1. The molecule has 0 fully saturated rings. The van der Waals surface area contributed by atoms with Gasteiger partial charge in [-0.15, -0.1) is 10.2 Å². The Morgan fingerprint density at radius 1 is 1.26 bits per heavy atom. The van der Waals surface area contributed by atoms with Crippen LogP contribution in [0.2, 0.25) is 0 Å². The molecule has 0 atom stereocenters. The summed E-state index contributed by atoms with van der Waals surface area (Å²) in [5.41, 5.74) is 2.14. The highest BCUT2D eigenvalue weighted by Crippen LogP contribution is 2.26. The van der Waals surface area contributed by atoms with E-state index in [1.165, 1.54) is 11.3 Å². The van der Waals surface area contributed by atoms with E-state index in [0.717, 1.165) is 21.2 Å². The number of hydrogen-bond donors (Lipinski definition) is 1. The zero-order valence-electron chi connectivity index (χ0n) is 10.6. The van der Waals surface area contributed by atoms with Crippen LogP contribution in [0.5, 0.6) is 0 Å². The van der Waals surface area contributed by atoms with Gasteiger partial charge in [-0.2, -0.15) is 9.61 Å². The van der Waals surface area contributed by atoms with Gasteiger partial charge in [-0.3, -0.25) is 0 Å². The molecule has 1 aromatic carbocycles. The normalized spacial score (nSPS) is 11.1. The smallest absolute Gasteiger partial charge is 0.235 e. The molecular weight excluding hydrogens is 262 g/mol. The number of rotatable bonds is 4. The molecular formula is C12H13N5OS. The molecule has 0 aliphatic rings. The van der Waals surface area contributed by atoms with E-state index < -0.39 is 0 Å². The van der Waals surface area contributed by atoms with Gasteiger partial charge in [-0.1, -0.05) is 11.3 Å². The number of hydrogen-bond acceptors (Lipinski definition) is 6. The van der Waals surface area contributed by atoms with E-state index in [2.05, 4.69) is 20.6 Å². The zero-order chi connectivity index (χ0) is 13.2. The summed E-state index contributed by atoms with van der Waals surface area (Å²) >= 11 is 1.51. The van der Waals surface area contributed by atoms with Crippen molar-refractivity contribution in [1.29, 1.82) is 0 Å². The molecule has 0 amide bonds. The summed E-state index contributed by atoms with van der Waals surface area (Å²) in [6, 6.07) is 8.11. The van der Waals surface area contributed by atoms with Gasteiger partial charge in [0, 0.05) is 25.4 Å². The van der Waals surface area contributed by atoms with Crippen LogP contribution in [0.3, 0.4) is 0 Å².